The molecule has 0 bridgehead atoms. The quantitative estimate of drug-likeness (QED) is 0.334. The molecule has 0 saturated heterocycles. The standard InChI is InChI=1S/C19H21N3O4S2/c1-13-6-8-15(9-7-13)28(25,26)19(17(23)16-5-3-11-27-16)22(20)18(24)14-4-2-10-21-12-14/h3,5-9,11-12,14,19H,2,4,10,20H2,1H3. The number of hydrogen-bond donors (Lipinski definition) is 1. The lowest BCUT2D eigenvalue weighted by atomic mass is 10.0. The van der Waals surface area contributed by atoms with Crippen LogP contribution in [-0.4, -0.2) is 43.3 Å². The summed E-state index contributed by atoms with van der Waals surface area (Å²) >= 11 is 1.10. The predicted octanol–water partition coefficient (Wildman–Crippen LogP) is 2.22. The van der Waals surface area contributed by atoms with Crippen LogP contribution < -0.4 is 5.84 Å². The minimum atomic E-state index is -4.23. The van der Waals surface area contributed by atoms with Gasteiger partial charge in [0, 0.05) is 12.8 Å². The number of nitrogens with zero attached hydrogens (tertiary/aromatic N) is 2. The second-order valence-corrected chi connectivity index (χ2v) is 9.56. The van der Waals surface area contributed by atoms with Gasteiger partial charge in [0.25, 0.3) is 0 Å². The third-order valence-electron chi connectivity index (χ3n) is 4.54. The molecule has 148 valence electrons. The molecule has 1 amide bonds. The lowest BCUT2D eigenvalue weighted by Gasteiger charge is -2.29. The molecule has 7 nitrogen and oxygen atoms in total. The maximum Gasteiger partial charge on any atom is 0.246 e. The van der Waals surface area contributed by atoms with Gasteiger partial charge in [0.2, 0.25) is 26.9 Å². The highest BCUT2D eigenvalue weighted by Gasteiger charge is 2.42. The summed E-state index contributed by atoms with van der Waals surface area (Å²) in [5, 5.41) is 0.398. The molecule has 1 aliphatic rings. The first-order valence-corrected chi connectivity index (χ1v) is 11.2. The Labute approximate surface area is 167 Å². The van der Waals surface area contributed by atoms with Gasteiger partial charge < -0.3 is 0 Å². The van der Waals surface area contributed by atoms with E-state index in [2.05, 4.69) is 4.99 Å². The average molecular weight is 420 g/mol. The molecule has 1 aromatic carbocycles. The first kappa shape index (κ1) is 20.4. The average Bonchev–Trinajstić information content (AvgIpc) is 3.23. The van der Waals surface area contributed by atoms with Gasteiger partial charge >= 0.3 is 0 Å². The van der Waals surface area contributed by atoms with E-state index in [-0.39, 0.29) is 9.77 Å². The molecular formula is C19H21N3O4S2. The van der Waals surface area contributed by atoms with Gasteiger partial charge in [-0.25, -0.2) is 14.3 Å². The Hall–Kier alpha value is -2.36. The number of aliphatic imine (C=N–C) groups is 1. The van der Waals surface area contributed by atoms with Crippen molar-refractivity contribution in [2.24, 2.45) is 16.8 Å². The number of amides is 1. The summed E-state index contributed by atoms with van der Waals surface area (Å²) < 4.78 is 26.6. The van der Waals surface area contributed by atoms with Crippen LogP contribution in [0.3, 0.4) is 0 Å². The molecule has 1 aliphatic heterocycles. The van der Waals surface area contributed by atoms with Gasteiger partial charge in [-0.2, -0.15) is 0 Å². The molecule has 0 saturated carbocycles. The number of nitrogens with two attached hydrogens (primary N) is 1. The first-order chi connectivity index (χ1) is 13.3. The minimum absolute atomic E-state index is 0.0615. The zero-order valence-electron chi connectivity index (χ0n) is 15.3. The number of thiophene rings is 1. The summed E-state index contributed by atoms with van der Waals surface area (Å²) in [4.78, 5) is 30.1. The first-order valence-electron chi connectivity index (χ1n) is 8.78. The van der Waals surface area contributed by atoms with Crippen LogP contribution in [0.25, 0.3) is 0 Å². The molecule has 2 heterocycles. The van der Waals surface area contributed by atoms with Gasteiger partial charge in [0.05, 0.1) is 15.7 Å². The number of hydrogen-bond acceptors (Lipinski definition) is 7. The van der Waals surface area contributed by atoms with Crippen molar-refractivity contribution in [3.05, 3.63) is 52.2 Å². The van der Waals surface area contributed by atoms with E-state index in [1.165, 1.54) is 24.4 Å². The second-order valence-electron chi connectivity index (χ2n) is 6.60. The number of Topliss-reactive ketones (excluding diaryl/α,β-unsaturated/α-hetero) is 1. The smallest absolute Gasteiger partial charge is 0.246 e. The van der Waals surface area contributed by atoms with E-state index in [1.807, 2.05) is 6.92 Å². The van der Waals surface area contributed by atoms with Crippen LogP contribution in [0.5, 0.6) is 0 Å². The van der Waals surface area contributed by atoms with E-state index < -0.39 is 32.8 Å². The molecule has 28 heavy (non-hydrogen) atoms. The van der Waals surface area contributed by atoms with E-state index >= 15 is 0 Å². The fraction of sp³-hybridized carbons (Fsp3) is 0.316. The number of sulfone groups is 1. The maximum absolute atomic E-state index is 13.3. The molecule has 1 aromatic heterocycles. The van der Waals surface area contributed by atoms with Crippen molar-refractivity contribution in [3.8, 4) is 0 Å². The van der Waals surface area contributed by atoms with Crippen molar-refractivity contribution < 1.29 is 18.0 Å². The summed E-state index contributed by atoms with van der Waals surface area (Å²) in [5.41, 5.74) is 0.874. The molecule has 2 atom stereocenters. The van der Waals surface area contributed by atoms with E-state index in [0.717, 1.165) is 16.9 Å². The van der Waals surface area contributed by atoms with Crippen molar-refractivity contribution in [3.63, 3.8) is 0 Å². The van der Waals surface area contributed by atoms with Crippen molar-refractivity contribution in [1.82, 2.24) is 5.01 Å². The van der Waals surface area contributed by atoms with Gasteiger partial charge in [-0.05, 0) is 43.3 Å². The Kier molecular flexibility index (Phi) is 6.07. The molecule has 3 rings (SSSR count). The largest absolute Gasteiger partial charge is 0.297 e. The van der Waals surface area contributed by atoms with Crippen molar-refractivity contribution >= 4 is 39.1 Å². The van der Waals surface area contributed by atoms with Gasteiger partial charge in [-0.3, -0.25) is 19.6 Å². The molecule has 2 unspecified atom stereocenters. The number of carbonyl (C=O) groups is 2. The van der Waals surface area contributed by atoms with Crippen LogP contribution in [0.2, 0.25) is 0 Å². The molecule has 0 aliphatic carbocycles. The van der Waals surface area contributed by atoms with Crippen LogP contribution in [0.1, 0.15) is 28.1 Å². The monoisotopic (exact) mass is 419 g/mol. The van der Waals surface area contributed by atoms with E-state index in [4.69, 9.17) is 5.84 Å². The number of benzene rings is 1. The van der Waals surface area contributed by atoms with E-state index in [9.17, 15) is 18.0 Å². The number of ketones is 1. The molecule has 2 aromatic rings. The Morgan fingerprint density at radius 1 is 1.25 bits per heavy atom. The van der Waals surface area contributed by atoms with Gasteiger partial charge in [-0.1, -0.05) is 23.8 Å². The number of carbonyl (C=O) groups excluding carboxylic acids is 2. The van der Waals surface area contributed by atoms with Crippen molar-refractivity contribution in [2.45, 2.75) is 30.0 Å². The minimum Gasteiger partial charge on any atom is -0.297 e. The van der Waals surface area contributed by atoms with Crippen LogP contribution in [0.15, 0.2) is 51.7 Å². The number of rotatable bonds is 6. The zero-order valence-corrected chi connectivity index (χ0v) is 16.9. The topological polar surface area (TPSA) is 110 Å². The highest BCUT2D eigenvalue weighted by Crippen LogP contribution is 2.25. The SMILES string of the molecule is Cc1ccc(S(=O)(=O)C(C(=O)c2cccs2)N(N)C(=O)C2C=NCCC2)cc1. The fourth-order valence-corrected chi connectivity index (χ4v) is 5.34. The number of hydrazine groups is 1. The Morgan fingerprint density at radius 2 is 1.96 bits per heavy atom. The maximum atomic E-state index is 13.3. The fourth-order valence-electron chi connectivity index (χ4n) is 2.99. The molecule has 0 radical (unpaired) electrons. The normalized spacial score (nSPS) is 17.9. The lowest BCUT2D eigenvalue weighted by molar-refractivity contribution is -0.134. The van der Waals surface area contributed by atoms with Crippen molar-refractivity contribution in [2.75, 3.05) is 6.54 Å². The van der Waals surface area contributed by atoms with Crippen molar-refractivity contribution in [1.29, 1.82) is 0 Å². The van der Waals surface area contributed by atoms with E-state index in [0.29, 0.717) is 24.4 Å². The molecule has 0 spiro atoms. The summed E-state index contributed by atoms with van der Waals surface area (Å²) in [6.45, 7) is 2.44. The number of aryl methyl sites for hydroxylation is 1. The van der Waals surface area contributed by atoms with Crippen LogP contribution in [-0.2, 0) is 14.6 Å². The summed E-state index contributed by atoms with van der Waals surface area (Å²) in [6, 6.07) is 9.26. The highest BCUT2D eigenvalue weighted by molar-refractivity contribution is 7.92. The Balaban J connectivity index is 2.03. The third-order valence-corrected chi connectivity index (χ3v) is 7.39. The summed E-state index contributed by atoms with van der Waals surface area (Å²) in [6.07, 6.45) is 2.70. The van der Waals surface area contributed by atoms with E-state index in [1.54, 1.807) is 23.6 Å². The third kappa shape index (κ3) is 4.06. The van der Waals surface area contributed by atoms with Crippen LogP contribution >= 0.6 is 11.3 Å². The second kappa shape index (κ2) is 8.34. The van der Waals surface area contributed by atoms with Gasteiger partial charge in [-0.15, -0.1) is 11.3 Å². The summed E-state index contributed by atoms with van der Waals surface area (Å²) in [7, 11) is -4.23. The molecule has 9 heteroatoms. The van der Waals surface area contributed by atoms with Gasteiger partial charge in [0.15, 0.2) is 0 Å². The highest BCUT2D eigenvalue weighted by atomic mass is 32.2. The molecular weight excluding hydrogens is 398 g/mol. The van der Waals surface area contributed by atoms with Gasteiger partial charge in [0.1, 0.15) is 0 Å². The molecule has 2 N–H and O–H groups in total. The Bertz CT molecular complexity index is 983. The molecule has 0 fully saturated rings. The van der Waals surface area contributed by atoms with Crippen LogP contribution in [0.4, 0.5) is 0 Å². The lowest BCUT2D eigenvalue weighted by Crippen LogP contribution is -2.55. The predicted molar refractivity (Wildman–Crippen MR) is 108 cm³/mol. The summed E-state index contributed by atoms with van der Waals surface area (Å²) in [5.74, 6) is 3.99. The zero-order chi connectivity index (χ0) is 20.3. The Morgan fingerprint density at radius 3 is 2.54 bits per heavy atom. The van der Waals surface area contributed by atoms with Crippen LogP contribution in [0, 0.1) is 12.8 Å².